The van der Waals surface area contributed by atoms with Crippen molar-refractivity contribution in [3.8, 4) is 11.5 Å². The predicted molar refractivity (Wildman–Crippen MR) is 84.8 cm³/mol. The van der Waals surface area contributed by atoms with Crippen molar-refractivity contribution >= 4 is 21.9 Å². The molecule has 0 aliphatic rings. The summed E-state index contributed by atoms with van der Waals surface area (Å²) >= 11 is 3.45. The highest BCUT2D eigenvalue weighted by molar-refractivity contribution is 9.10. The van der Waals surface area contributed by atoms with Crippen LogP contribution in [-0.4, -0.2) is 31.8 Å². The highest BCUT2D eigenvalue weighted by atomic mass is 79.9. The van der Waals surface area contributed by atoms with E-state index in [0.29, 0.717) is 22.6 Å². The number of ether oxygens (including phenoxy) is 3. The number of rotatable bonds is 7. The van der Waals surface area contributed by atoms with Crippen LogP contribution in [0.15, 0.2) is 16.6 Å². The summed E-state index contributed by atoms with van der Waals surface area (Å²) in [5.41, 5.74) is 6.84. The largest absolute Gasteiger partial charge is 0.493 e. The quantitative estimate of drug-likeness (QED) is 0.757. The molecule has 0 aliphatic carbocycles. The molecule has 1 aromatic carbocycles. The van der Waals surface area contributed by atoms with E-state index in [1.807, 2.05) is 19.1 Å². The Morgan fingerprint density at radius 2 is 2.05 bits per heavy atom. The number of methoxy groups -OCH3 is 1. The predicted octanol–water partition coefficient (Wildman–Crippen LogP) is 2.68. The Bertz CT molecular complexity index is 491. The van der Waals surface area contributed by atoms with E-state index in [4.69, 9.17) is 19.9 Å². The molecule has 0 amide bonds. The van der Waals surface area contributed by atoms with Crippen molar-refractivity contribution in [2.75, 3.05) is 13.7 Å². The fraction of sp³-hybridized carbons (Fsp3) is 0.533. The van der Waals surface area contributed by atoms with E-state index in [9.17, 15) is 4.79 Å². The van der Waals surface area contributed by atoms with E-state index in [2.05, 4.69) is 15.9 Å². The maximum atomic E-state index is 11.7. The molecule has 0 fully saturated rings. The Balaban J connectivity index is 2.98. The number of benzene rings is 1. The molecule has 0 saturated heterocycles. The van der Waals surface area contributed by atoms with Gasteiger partial charge in [-0.25, -0.2) is 4.79 Å². The lowest BCUT2D eigenvalue weighted by atomic mass is 10.1. The van der Waals surface area contributed by atoms with E-state index in [1.54, 1.807) is 21.0 Å². The van der Waals surface area contributed by atoms with Crippen LogP contribution in [0.1, 0.15) is 26.3 Å². The van der Waals surface area contributed by atoms with Crippen LogP contribution in [0.25, 0.3) is 0 Å². The first-order valence-corrected chi connectivity index (χ1v) is 7.63. The van der Waals surface area contributed by atoms with E-state index >= 15 is 0 Å². The zero-order valence-corrected chi connectivity index (χ0v) is 14.4. The van der Waals surface area contributed by atoms with E-state index in [0.717, 1.165) is 12.0 Å². The molecule has 1 rings (SSSR count). The maximum absolute atomic E-state index is 11.7. The maximum Gasteiger partial charge on any atom is 0.347 e. The van der Waals surface area contributed by atoms with Crippen molar-refractivity contribution in [3.63, 3.8) is 0 Å². The summed E-state index contributed by atoms with van der Waals surface area (Å²) in [6.45, 7) is 5.65. The molecular weight excluding hydrogens is 338 g/mol. The van der Waals surface area contributed by atoms with Crippen molar-refractivity contribution in [3.05, 3.63) is 22.2 Å². The normalized spacial score (nSPS) is 13.4. The summed E-state index contributed by atoms with van der Waals surface area (Å²) in [5, 5.41) is 0. The summed E-state index contributed by atoms with van der Waals surface area (Å²) in [6, 6.07) is 3.83. The number of esters is 1. The van der Waals surface area contributed by atoms with Crippen LogP contribution in [0.2, 0.25) is 0 Å². The van der Waals surface area contributed by atoms with E-state index in [1.165, 1.54) is 0 Å². The number of halogens is 1. The second-order valence-electron chi connectivity index (χ2n) is 4.80. The minimum atomic E-state index is -0.713. The molecule has 0 radical (unpaired) electrons. The molecule has 0 aromatic heterocycles. The molecule has 5 nitrogen and oxygen atoms in total. The lowest BCUT2D eigenvalue weighted by Crippen LogP contribution is -2.26. The number of hydrogen-bond donors (Lipinski definition) is 1. The van der Waals surface area contributed by atoms with Gasteiger partial charge in [0.1, 0.15) is 0 Å². The monoisotopic (exact) mass is 359 g/mol. The van der Waals surface area contributed by atoms with Gasteiger partial charge in [-0.3, -0.25) is 0 Å². The average molecular weight is 360 g/mol. The fourth-order valence-corrected chi connectivity index (χ4v) is 2.44. The van der Waals surface area contributed by atoms with Gasteiger partial charge in [-0.05, 0) is 60.8 Å². The van der Waals surface area contributed by atoms with Crippen LogP contribution >= 0.6 is 15.9 Å². The second-order valence-corrected chi connectivity index (χ2v) is 5.66. The Hall–Kier alpha value is -1.27. The smallest absolute Gasteiger partial charge is 0.347 e. The first-order valence-electron chi connectivity index (χ1n) is 6.84. The molecule has 21 heavy (non-hydrogen) atoms. The summed E-state index contributed by atoms with van der Waals surface area (Å²) in [6.07, 6.45) is 0.0114. The number of nitrogens with two attached hydrogens (primary N) is 1. The molecule has 6 heteroatoms. The molecule has 0 saturated carbocycles. The molecule has 118 valence electrons. The molecule has 0 spiro atoms. The lowest BCUT2D eigenvalue weighted by molar-refractivity contribution is -0.150. The summed E-state index contributed by atoms with van der Waals surface area (Å²) < 4.78 is 16.7. The van der Waals surface area contributed by atoms with Gasteiger partial charge < -0.3 is 19.9 Å². The van der Waals surface area contributed by atoms with Gasteiger partial charge in [-0.15, -0.1) is 0 Å². The van der Waals surface area contributed by atoms with Gasteiger partial charge in [0, 0.05) is 6.04 Å². The van der Waals surface area contributed by atoms with Crippen molar-refractivity contribution in [2.45, 2.75) is 39.3 Å². The van der Waals surface area contributed by atoms with Crippen LogP contribution in [-0.2, 0) is 16.0 Å². The van der Waals surface area contributed by atoms with Crippen LogP contribution in [0, 0.1) is 0 Å². The molecule has 1 aromatic rings. The topological polar surface area (TPSA) is 70.8 Å². The fourth-order valence-electron chi connectivity index (χ4n) is 1.86. The number of carbonyl (C=O) groups excluding carboxylic acids is 1. The summed E-state index contributed by atoms with van der Waals surface area (Å²) in [7, 11) is 1.55. The minimum absolute atomic E-state index is 0.0480. The SMILES string of the molecule is CCOC(=O)C(C)Oc1c(Br)cc(CC(C)N)cc1OC. The summed E-state index contributed by atoms with van der Waals surface area (Å²) in [4.78, 5) is 11.7. The lowest BCUT2D eigenvalue weighted by Gasteiger charge is -2.18. The Labute approximate surface area is 133 Å². The molecule has 2 atom stereocenters. The molecule has 0 heterocycles. The number of carbonyl (C=O) groups is 1. The van der Waals surface area contributed by atoms with Gasteiger partial charge in [-0.1, -0.05) is 0 Å². The molecule has 2 unspecified atom stereocenters. The molecular formula is C15H22BrNO4. The Morgan fingerprint density at radius 1 is 1.38 bits per heavy atom. The van der Waals surface area contributed by atoms with Crippen molar-refractivity contribution in [1.29, 1.82) is 0 Å². The zero-order chi connectivity index (χ0) is 16.0. The van der Waals surface area contributed by atoms with Crippen molar-refractivity contribution in [1.82, 2.24) is 0 Å². The minimum Gasteiger partial charge on any atom is -0.493 e. The van der Waals surface area contributed by atoms with Gasteiger partial charge in [0.25, 0.3) is 0 Å². The third-order valence-electron chi connectivity index (χ3n) is 2.76. The Morgan fingerprint density at radius 3 is 2.57 bits per heavy atom. The van der Waals surface area contributed by atoms with Gasteiger partial charge in [0.2, 0.25) is 0 Å². The standard InChI is InChI=1S/C15H22BrNO4/c1-5-20-15(18)10(3)21-14-12(16)7-11(6-9(2)17)8-13(14)19-4/h7-10H,5-6,17H2,1-4H3. The summed E-state index contributed by atoms with van der Waals surface area (Å²) in [5.74, 6) is 0.619. The van der Waals surface area contributed by atoms with Crippen molar-refractivity contribution in [2.24, 2.45) is 5.73 Å². The second kappa shape index (κ2) is 8.24. The van der Waals surface area contributed by atoms with Crippen LogP contribution in [0.3, 0.4) is 0 Å². The highest BCUT2D eigenvalue weighted by Crippen LogP contribution is 2.37. The van der Waals surface area contributed by atoms with Gasteiger partial charge in [0.05, 0.1) is 18.2 Å². The third kappa shape index (κ3) is 5.21. The first-order chi connectivity index (χ1) is 9.88. The highest BCUT2D eigenvalue weighted by Gasteiger charge is 2.20. The van der Waals surface area contributed by atoms with E-state index < -0.39 is 12.1 Å². The van der Waals surface area contributed by atoms with Crippen LogP contribution in [0.5, 0.6) is 11.5 Å². The van der Waals surface area contributed by atoms with Gasteiger partial charge in [-0.2, -0.15) is 0 Å². The zero-order valence-electron chi connectivity index (χ0n) is 12.8. The molecule has 0 aliphatic heterocycles. The van der Waals surface area contributed by atoms with Crippen molar-refractivity contribution < 1.29 is 19.0 Å². The molecule has 2 N–H and O–H groups in total. The van der Waals surface area contributed by atoms with Crippen LogP contribution in [0.4, 0.5) is 0 Å². The average Bonchev–Trinajstić information content (AvgIpc) is 2.40. The Kier molecular flexibility index (Phi) is 6.98. The van der Waals surface area contributed by atoms with Gasteiger partial charge >= 0.3 is 5.97 Å². The van der Waals surface area contributed by atoms with E-state index in [-0.39, 0.29) is 6.04 Å². The number of hydrogen-bond acceptors (Lipinski definition) is 5. The van der Waals surface area contributed by atoms with Gasteiger partial charge in [0.15, 0.2) is 17.6 Å². The molecule has 0 bridgehead atoms. The third-order valence-corrected chi connectivity index (χ3v) is 3.35. The first kappa shape index (κ1) is 17.8. The van der Waals surface area contributed by atoms with Crippen LogP contribution < -0.4 is 15.2 Å².